The monoisotopic (exact) mass is 327 g/mol. The van der Waals surface area contributed by atoms with Crippen molar-refractivity contribution in [2.24, 2.45) is 0 Å². The molecule has 128 valence electrons. The van der Waals surface area contributed by atoms with Crippen molar-refractivity contribution in [2.75, 3.05) is 6.54 Å². The van der Waals surface area contributed by atoms with Crippen LogP contribution in [0.15, 0.2) is 42.5 Å². The van der Waals surface area contributed by atoms with Gasteiger partial charge in [0.1, 0.15) is 5.60 Å². The maximum Gasteiger partial charge on any atom is 0.410 e. The quantitative estimate of drug-likeness (QED) is 0.896. The Labute approximate surface area is 143 Å². The lowest BCUT2D eigenvalue weighted by Crippen LogP contribution is -2.42. The van der Waals surface area contributed by atoms with Gasteiger partial charge in [-0.1, -0.05) is 36.4 Å². The third-order valence-electron chi connectivity index (χ3n) is 4.41. The van der Waals surface area contributed by atoms with Gasteiger partial charge < -0.3 is 14.7 Å². The van der Waals surface area contributed by atoms with Gasteiger partial charge in [0.05, 0.1) is 12.1 Å². The molecule has 1 N–H and O–H groups in total. The summed E-state index contributed by atoms with van der Waals surface area (Å²) in [5.74, 6) is 0. The molecule has 1 saturated heterocycles. The highest BCUT2D eigenvalue weighted by Crippen LogP contribution is 2.32. The number of amides is 1. The van der Waals surface area contributed by atoms with Crippen molar-refractivity contribution >= 4 is 16.9 Å². The molecule has 2 atom stereocenters. The van der Waals surface area contributed by atoms with Crippen LogP contribution in [0.2, 0.25) is 0 Å². The molecule has 1 fully saturated rings. The Hall–Kier alpha value is -2.07. The Bertz CT molecular complexity index is 735. The minimum absolute atomic E-state index is 0.235. The molecular weight excluding hydrogens is 302 g/mol. The number of carbonyl (C=O) groups excluding carboxylic acids is 1. The number of rotatable bonds is 2. The van der Waals surface area contributed by atoms with Crippen LogP contribution in [0.1, 0.15) is 45.3 Å². The van der Waals surface area contributed by atoms with Crippen LogP contribution in [-0.4, -0.2) is 34.3 Å². The first-order valence-corrected chi connectivity index (χ1v) is 8.51. The first-order chi connectivity index (χ1) is 11.3. The minimum atomic E-state index is -0.704. The molecule has 1 heterocycles. The molecule has 0 aromatic heterocycles. The van der Waals surface area contributed by atoms with E-state index in [0.717, 1.165) is 29.2 Å². The lowest BCUT2D eigenvalue weighted by Gasteiger charge is -2.31. The average Bonchev–Trinajstić information content (AvgIpc) is 3.02. The largest absolute Gasteiger partial charge is 0.444 e. The van der Waals surface area contributed by atoms with Crippen LogP contribution in [0.25, 0.3) is 10.8 Å². The molecule has 24 heavy (non-hydrogen) atoms. The van der Waals surface area contributed by atoms with Crippen LogP contribution >= 0.6 is 0 Å². The number of ether oxygens (including phenoxy) is 1. The molecular formula is C20H25NO3. The van der Waals surface area contributed by atoms with Crippen LogP contribution in [0.5, 0.6) is 0 Å². The van der Waals surface area contributed by atoms with E-state index in [1.807, 2.05) is 63.2 Å². The molecule has 0 aliphatic carbocycles. The summed E-state index contributed by atoms with van der Waals surface area (Å²) in [7, 11) is 0. The highest BCUT2D eigenvalue weighted by Gasteiger charge is 2.36. The second-order valence-electron chi connectivity index (χ2n) is 7.43. The van der Waals surface area contributed by atoms with Gasteiger partial charge in [-0.15, -0.1) is 0 Å². The van der Waals surface area contributed by atoms with E-state index >= 15 is 0 Å². The Morgan fingerprint density at radius 1 is 1.21 bits per heavy atom. The molecule has 1 aliphatic rings. The molecule has 2 unspecified atom stereocenters. The SMILES string of the molecule is CC(C)(C)OC(=O)N1CCCC1C(O)c1ccc2ccccc2c1. The van der Waals surface area contributed by atoms with Crippen LogP contribution < -0.4 is 0 Å². The highest BCUT2D eigenvalue weighted by atomic mass is 16.6. The van der Waals surface area contributed by atoms with Crippen molar-refractivity contribution in [1.29, 1.82) is 0 Å². The van der Waals surface area contributed by atoms with Crippen LogP contribution in [0.4, 0.5) is 4.79 Å². The number of aliphatic hydroxyl groups excluding tert-OH is 1. The summed E-state index contributed by atoms with van der Waals surface area (Å²) < 4.78 is 5.48. The smallest absolute Gasteiger partial charge is 0.410 e. The zero-order valence-corrected chi connectivity index (χ0v) is 14.5. The van der Waals surface area contributed by atoms with Gasteiger partial charge in [-0.25, -0.2) is 4.79 Å². The van der Waals surface area contributed by atoms with Crippen LogP contribution in [0, 0.1) is 0 Å². The fraction of sp³-hybridized carbons (Fsp3) is 0.450. The van der Waals surface area contributed by atoms with E-state index in [9.17, 15) is 9.90 Å². The van der Waals surface area contributed by atoms with Gasteiger partial charge in [0.2, 0.25) is 0 Å². The zero-order valence-electron chi connectivity index (χ0n) is 14.5. The molecule has 4 heteroatoms. The number of nitrogens with zero attached hydrogens (tertiary/aromatic N) is 1. The zero-order chi connectivity index (χ0) is 17.3. The van der Waals surface area contributed by atoms with Crippen molar-refractivity contribution < 1.29 is 14.6 Å². The summed E-state index contributed by atoms with van der Waals surface area (Å²) in [5.41, 5.74) is 0.312. The first-order valence-electron chi connectivity index (χ1n) is 8.51. The van der Waals surface area contributed by atoms with E-state index in [0.29, 0.717) is 6.54 Å². The molecule has 4 nitrogen and oxygen atoms in total. The first kappa shape index (κ1) is 16.8. The number of carbonyl (C=O) groups is 1. The lowest BCUT2D eigenvalue weighted by molar-refractivity contribution is 0.00492. The van der Waals surface area contributed by atoms with Gasteiger partial charge >= 0.3 is 6.09 Å². The molecule has 1 amide bonds. The topological polar surface area (TPSA) is 49.8 Å². The minimum Gasteiger partial charge on any atom is -0.444 e. The molecule has 0 spiro atoms. The third kappa shape index (κ3) is 3.54. The molecule has 3 rings (SSSR count). The third-order valence-corrected chi connectivity index (χ3v) is 4.41. The number of aliphatic hydroxyl groups is 1. The molecule has 0 saturated carbocycles. The van der Waals surface area contributed by atoms with Crippen LogP contribution in [0.3, 0.4) is 0 Å². The van der Waals surface area contributed by atoms with Gasteiger partial charge in [0, 0.05) is 6.54 Å². The van der Waals surface area contributed by atoms with E-state index in [2.05, 4.69) is 0 Å². The second kappa shape index (κ2) is 6.44. The number of hydrogen-bond donors (Lipinski definition) is 1. The summed E-state index contributed by atoms with van der Waals surface area (Å²) in [6, 6.07) is 13.8. The predicted octanol–water partition coefficient (Wildman–Crippen LogP) is 4.27. The molecule has 2 aromatic carbocycles. The van der Waals surface area contributed by atoms with E-state index in [1.54, 1.807) is 4.90 Å². The molecule has 0 radical (unpaired) electrons. The maximum absolute atomic E-state index is 12.4. The standard InChI is InChI=1S/C20H25NO3/c1-20(2,3)24-19(23)21-12-6-9-17(21)18(22)16-11-10-14-7-4-5-8-15(14)13-16/h4-5,7-8,10-11,13,17-18,22H,6,9,12H2,1-3H3. The summed E-state index contributed by atoms with van der Waals surface area (Å²) >= 11 is 0. The van der Waals surface area contributed by atoms with Gasteiger partial charge in [0.25, 0.3) is 0 Å². The summed E-state index contributed by atoms with van der Waals surface area (Å²) in [5, 5.41) is 13.1. The molecule has 2 aromatic rings. The van der Waals surface area contributed by atoms with Gasteiger partial charge in [-0.2, -0.15) is 0 Å². The molecule has 1 aliphatic heterocycles. The van der Waals surface area contributed by atoms with E-state index < -0.39 is 11.7 Å². The lowest BCUT2D eigenvalue weighted by atomic mass is 9.97. The second-order valence-corrected chi connectivity index (χ2v) is 7.43. The van der Waals surface area contributed by atoms with Crippen molar-refractivity contribution in [3.63, 3.8) is 0 Å². The normalized spacial score (nSPS) is 19.5. The Morgan fingerprint density at radius 2 is 1.92 bits per heavy atom. The van der Waals surface area contributed by atoms with E-state index in [-0.39, 0.29) is 12.1 Å². The number of likely N-dealkylation sites (tertiary alicyclic amines) is 1. The average molecular weight is 327 g/mol. The summed E-state index contributed by atoms with van der Waals surface area (Å²) in [6.07, 6.45) is 0.622. The summed E-state index contributed by atoms with van der Waals surface area (Å²) in [6.45, 7) is 6.20. The van der Waals surface area contributed by atoms with Gasteiger partial charge in [-0.05, 0) is 56.0 Å². The Balaban J connectivity index is 1.81. The van der Waals surface area contributed by atoms with Crippen molar-refractivity contribution in [3.05, 3.63) is 48.0 Å². The summed E-state index contributed by atoms with van der Waals surface area (Å²) in [4.78, 5) is 14.1. The Kier molecular flexibility index (Phi) is 4.50. The predicted molar refractivity (Wildman–Crippen MR) is 94.9 cm³/mol. The van der Waals surface area contributed by atoms with E-state index in [1.165, 1.54) is 0 Å². The van der Waals surface area contributed by atoms with Gasteiger partial charge in [0.15, 0.2) is 0 Å². The molecule has 0 bridgehead atoms. The van der Waals surface area contributed by atoms with Crippen molar-refractivity contribution in [1.82, 2.24) is 4.90 Å². The fourth-order valence-electron chi connectivity index (χ4n) is 3.28. The number of fused-ring (bicyclic) bond motifs is 1. The Morgan fingerprint density at radius 3 is 2.62 bits per heavy atom. The maximum atomic E-state index is 12.4. The van der Waals surface area contributed by atoms with Crippen molar-refractivity contribution in [2.45, 2.75) is 51.4 Å². The van der Waals surface area contributed by atoms with Crippen LogP contribution in [-0.2, 0) is 4.74 Å². The highest BCUT2D eigenvalue weighted by molar-refractivity contribution is 5.83. The number of hydrogen-bond acceptors (Lipinski definition) is 3. The van der Waals surface area contributed by atoms with Crippen molar-refractivity contribution in [3.8, 4) is 0 Å². The number of benzene rings is 2. The fourth-order valence-corrected chi connectivity index (χ4v) is 3.28. The van der Waals surface area contributed by atoms with E-state index in [4.69, 9.17) is 4.74 Å². The van der Waals surface area contributed by atoms with Gasteiger partial charge in [-0.3, -0.25) is 0 Å².